The Kier molecular flexibility index (Phi) is 4.11. The van der Waals surface area contributed by atoms with Crippen molar-refractivity contribution >= 4 is 0 Å². The van der Waals surface area contributed by atoms with Gasteiger partial charge in [-0.25, -0.2) is 0 Å². The Morgan fingerprint density at radius 1 is 1.06 bits per heavy atom. The van der Waals surface area contributed by atoms with Crippen LogP contribution >= 0.6 is 0 Å². The molecule has 1 unspecified atom stereocenters. The van der Waals surface area contributed by atoms with Crippen LogP contribution in [0.1, 0.15) is 38.1 Å². The van der Waals surface area contributed by atoms with E-state index < -0.39 is 0 Å². The van der Waals surface area contributed by atoms with Gasteiger partial charge >= 0.3 is 0 Å². The van der Waals surface area contributed by atoms with Gasteiger partial charge in [-0.1, -0.05) is 45.0 Å². The Morgan fingerprint density at radius 2 is 1.56 bits per heavy atom. The largest absolute Gasteiger partial charge is 0.301 e. The molecule has 0 saturated carbocycles. The number of rotatable bonds is 3. The van der Waals surface area contributed by atoms with Crippen LogP contribution in [-0.2, 0) is 5.41 Å². The average molecular weight is 220 g/mol. The second kappa shape index (κ2) is 4.98. The molecule has 0 aliphatic carbocycles. The fraction of sp³-hybridized carbons (Fsp3) is 0.571. The van der Waals surface area contributed by atoms with Gasteiger partial charge in [0.2, 0.25) is 0 Å². The molecule has 0 saturated heterocycles. The van der Waals surface area contributed by atoms with Gasteiger partial charge in [0, 0.05) is 0 Å². The molecule has 16 heavy (non-hydrogen) atoms. The van der Waals surface area contributed by atoms with E-state index in [9.17, 15) is 0 Å². The second-order valence-electron chi connectivity index (χ2n) is 5.53. The van der Waals surface area contributed by atoms with E-state index in [1.807, 2.05) is 7.05 Å². The Labute approximate surface area is 99.7 Å². The quantitative estimate of drug-likeness (QED) is 0.788. The third-order valence-corrected chi connectivity index (χ3v) is 2.88. The van der Waals surface area contributed by atoms with Crippen LogP contribution in [0.5, 0.6) is 0 Å². The summed E-state index contributed by atoms with van der Waals surface area (Å²) in [7, 11) is 6.15. The second-order valence-corrected chi connectivity index (χ2v) is 5.53. The molecule has 1 rings (SSSR count). The lowest BCUT2D eigenvalue weighted by Crippen LogP contribution is -2.30. The van der Waals surface area contributed by atoms with Crippen molar-refractivity contribution in [1.82, 2.24) is 10.2 Å². The lowest BCUT2D eigenvalue weighted by Gasteiger charge is -2.25. The summed E-state index contributed by atoms with van der Waals surface area (Å²) in [5, 5.41) is 3.30. The van der Waals surface area contributed by atoms with E-state index in [1.165, 1.54) is 11.1 Å². The van der Waals surface area contributed by atoms with Crippen LogP contribution in [0.15, 0.2) is 24.3 Å². The van der Waals surface area contributed by atoms with E-state index in [2.05, 4.69) is 69.3 Å². The van der Waals surface area contributed by atoms with Crippen LogP contribution in [0.4, 0.5) is 0 Å². The summed E-state index contributed by atoms with van der Waals surface area (Å²) in [5.74, 6) is 0. The zero-order valence-corrected chi connectivity index (χ0v) is 11.3. The Bertz CT molecular complexity index is 320. The van der Waals surface area contributed by atoms with Crippen molar-refractivity contribution in [3.8, 4) is 0 Å². The Hall–Kier alpha value is -0.860. The lowest BCUT2D eigenvalue weighted by atomic mass is 9.86. The molecule has 1 atom stereocenters. The zero-order valence-electron chi connectivity index (χ0n) is 11.3. The molecule has 90 valence electrons. The molecule has 0 amide bonds. The molecule has 0 bridgehead atoms. The fourth-order valence-corrected chi connectivity index (χ4v) is 1.89. The van der Waals surface area contributed by atoms with Gasteiger partial charge in [0.15, 0.2) is 0 Å². The van der Waals surface area contributed by atoms with Gasteiger partial charge in [-0.3, -0.25) is 4.90 Å². The highest BCUT2D eigenvalue weighted by Crippen LogP contribution is 2.24. The number of hydrogen-bond donors (Lipinski definition) is 1. The molecule has 0 aromatic heterocycles. The van der Waals surface area contributed by atoms with E-state index in [4.69, 9.17) is 0 Å². The maximum atomic E-state index is 3.30. The van der Waals surface area contributed by atoms with Crippen molar-refractivity contribution in [2.24, 2.45) is 0 Å². The molecular formula is C14H24N2. The predicted octanol–water partition coefficient (Wildman–Crippen LogP) is 2.76. The number of nitrogens with one attached hydrogen (secondary N) is 1. The van der Waals surface area contributed by atoms with Crippen LogP contribution < -0.4 is 5.32 Å². The van der Waals surface area contributed by atoms with Gasteiger partial charge in [-0.2, -0.15) is 0 Å². The van der Waals surface area contributed by atoms with Gasteiger partial charge in [0.25, 0.3) is 0 Å². The van der Waals surface area contributed by atoms with Crippen LogP contribution in [0.2, 0.25) is 0 Å². The molecule has 1 aromatic rings. The van der Waals surface area contributed by atoms with Crippen molar-refractivity contribution in [3.63, 3.8) is 0 Å². The molecule has 0 radical (unpaired) electrons. The third kappa shape index (κ3) is 3.06. The predicted molar refractivity (Wildman–Crippen MR) is 70.6 cm³/mol. The van der Waals surface area contributed by atoms with Gasteiger partial charge in [-0.15, -0.1) is 0 Å². The lowest BCUT2D eigenvalue weighted by molar-refractivity contribution is 0.264. The maximum absolute atomic E-state index is 3.30. The highest BCUT2D eigenvalue weighted by Gasteiger charge is 2.15. The molecule has 0 aliphatic heterocycles. The first kappa shape index (κ1) is 13.2. The summed E-state index contributed by atoms with van der Waals surface area (Å²) in [6.45, 7) is 6.72. The first-order chi connectivity index (χ1) is 7.36. The Morgan fingerprint density at radius 3 is 1.88 bits per heavy atom. The van der Waals surface area contributed by atoms with E-state index in [0.29, 0.717) is 0 Å². The molecule has 0 heterocycles. The minimum absolute atomic E-state index is 0.228. The van der Waals surface area contributed by atoms with Crippen molar-refractivity contribution in [2.45, 2.75) is 32.4 Å². The van der Waals surface area contributed by atoms with Crippen molar-refractivity contribution in [2.75, 3.05) is 21.1 Å². The van der Waals surface area contributed by atoms with Gasteiger partial charge in [-0.05, 0) is 37.7 Å². The van der Waals surface area contributed by atoms with Gasteiger partial charge < -0.3 is 5.32 Å². The smallest absolute Gasteiger partial charge is 0.0853 e. The monoisotopic (exact) mass is 220 g/mol. The molecule has 1 aromatic carbocycles. The van der Waals surface area contributed by atoms with E-state index in [0.717, 1.165) is 0 Å². The number of nitrogens with zero attached hydrogens (tertiary/aromatic N) is 1. The first-order valence-corrected chi connectivity index (χ1v) is 5.80. The first-order valence-electron chi connectivity index (χ1n) is 5.80. The fourth-order valence-electron chi connectivity index (χ4n) is 1.89. The van der Waals surface area contributed by atoms with E-state index in [1.54, 1.807) is 0 Å². The summed E-state index contributed by atoms with van der Waals surface area (Å²) < 4.78 is 0. The van der Waals surface area contributed by atoms with Crippen LogP contribution in [0.3, 0.4) is 0 Å². The highest BCUT2D eigenvalue weighted by molar-refractivity contribution is 5.29. The summed E-state index contributed by atoms with van der Waals surface area (Å²) >= 11 is 0. The normalized spacial score (nSPS) is 14.2. The Balaban J connectivity index is 2.94. The van der Waals surface area contributed by atoms with E-state index >= 15 is 0 Å². The molecule has 2 heteroatoms. The average Bonchev–Trinajstić information content (AvgIpc) is 2.17. The van der Waals surface area contributed by atoms with Crippen molar-refractivity contribution < 1.29 is 0 Å². The molecule has 0 spiro atoms. The SMILES string of the molecule is CNC(c1ccc(C(C)(C)C)cc1)N(C)C. The third-order valence-electron chi connectivity index (χ3n) is 2.88. The number of benzene rings is 1. The summed E-state index contributed by atoms with van der Waals surface area (Å²) in [6.07, 6.45) is 0.286. The van der Waals surface area contributed by atoms with Crippen LogP contribution in [0, 0.1) is 0 Å². The van der Waals surface area contributed by atoms with Crippen LogP contribution in [0.25, 0.3) is 0 Å². The molecule has 2 nitrogen and oxygen atoms in total. The van der Waals surface area contributed by atoms with Gasteiger partial charge in [0.05, 0.1) is 6.17 Å². The minimum Gasteiger partial charge on any atom is -0.301 e. The van der Waals surface area contributed by atoms with Gasteiger partial charge in [0.1, 0.15) is 0 Å². The van der Waals surface area contributed by atoms with Crippen molar-refractivity contribution in [3.05, 3.63) is 35.4 Å². The van der Waals surface area contributed by atoms with Crippen molar-refractivity contribution in [1.29, 1.82) is 0 Å². The zero-order chi connectivity index (χ0) is 12.3. The van der Waals surface area contributed by atoms with E-state index in [-0.39, 0.29) is 11.6 Å². The molecule has 0 fully saturated rings. The topological polar surface area (TPSA) is 15.3 Å². The highest BCUT2D eigenvalue weighted by atomic mass is 15.2. The molecular weight excluding hydrogens is 196 g/mol. The maximum Gasteiger partial charge on any atom is 0.0853 e. The molecule has 0 aliphatic rings. The minimum atomic E-state index is 0.228. The summed E-state index contributed by atoms with van der Waals surface area (Å²) in [4.78, 5) is 2.17. The summed E-state index contributed by atoms with van der Waals surface area (Å²) in [5.41, 5.74) is 2.91. The standard InChI is InChI=1S/C14H24N2/c1-14(2,3)12-9-7-11(8-10-12)13(15-4)16(5)6/h7-10,13,15H,1-6H3. The summed E-state index contributed by atoms with van der Waals surface area (Å²) in [6, 6.07) is 8.87. The number of hydrogen-bond acceptors (Lipinski definition) is 2. The van der Waals surface area contributed by atoms with Crippen LogP contribution in [-0.4, -0.2) is 26.0 Å². The molecule has 1 N–H and O–H groups in total.